The van der Waals surface area contributed by atoms with E-state index >= 15 is 0 Å². The maximum absolute atomic E-state index is 13.2. The normalized spacial score (nSPS) is 10.9. The molecule has 1 rings (SSSR count). The largest absolute Gasteiger partial charge is 0.329 e. The molecule has 78 valence electrons. The molecule has 0 bridgehead atoms. The summed E-state index contributed by atoms with van der Waals surface area (Å²) >= 11 is 0. The lowest BCUT2D eigenvalue weighted by Crippen LogP contribution is -2.24. The molecular weight excluding hydrogens is 179 g/mol. The summed E-state index contributed by atoms with van der Waals surface area (Å²) in [6.07, 6.45) is 0. The Morgan fingerprint density at radius 1 is 1.43 bits per heavy atom. The predicted octanol–water partition coefficient (Wildman–Crippen LogP) is 1.52. The van der Waals surface area contributed by atoms with E-state index in [0.29, 0.717) is 12.1 Å². The van der Waals surface area contributed by atoms with Crippen molar-refractivity contribution < 1.29 is 4.39 Å². The number of likely N-dealkylation sites (N-methyl/N-ethyl adjacent to an activating group) is 1. The van der Waals surface area contributed by atoms with Crippen LogP contribution in [0.1, 0.15) is 11.1 Å². The van der Waals surface area contributed by atoms with Crippen LogP contribution >= 0.6 is 0 Å². The van der Waals surface area contributed by atoms with E-state index in [4.69, 9.17) is 5.73 Å². The van der Waals surface area contributed by atoms with E-state index in [1.807, 2.05) is 13.1 Å². The molecule has 2 N–H and O–H groups in total. The summed E-state index contributed by atoms with van der Waals surface area (Å²) in [5.74, 6) is -0.136. The zero-order chi connectivity index (χ0) is 10.6. The zero-order valence-corrected chi connectivity index (χ0v) is 8.76. The van der Waals surface area contributed by atoms with Gasteiger partial charge in [0, 0.05) is 19.6 Å². The third-order valence-corrected chi connectivity index (χ3v) is 2.20. The van der Waals surface area contributed by atoms with Gasteiger partial charge in [-0.25, -0.2) is 4.39 Å². The Balaban J connectivity index is 2.63. The summed E-state index contributed by atoms with van der Waals surface area (Å²) in [4.78, 5) is 2.07. The first-order chi connectivity index (χ1) is 6.63. The van der Waals surface area contributed by atoms with E-state index in [1.165, 1.54) is 0 Å². The number of nitrogens with zero attached hydrogens (tertiary/aromatic N) is 1. The Morgan fingerprint density at radius 3 is 2.71 bits per heavy atom. The molecule has 14 heavy (non-hydrogen) atoms. The molecule has 2 nitrogen and oxygen atoms in total. The van der Waals surface area contributed by atoms with E-state index in [-0.39, 0.29) is 5.82 Å². The van der Waals surface area contributed by atoms with Crippen LogP contribution in [0.25, 0.3) is 0 Å². The molecule has 0 atom stereocenters. The summed E-state index contributed by atoms with van der Waals surface area (Å²) < 4.78 is 13.2. The van der Waals surface area contributed by atoms with Crippen molar-refractivity contribution in [3.05, 3.63) is 35.1 Å². The molecule has 0 unspecified atom stereocenters. The molecule has 0 aromatic heterocycles. The Morgan fingerprint density at radius 2 is 2.14 bits per heavy atom. The van der Waals surface area contributed by atoms with E-state index < -0.39 is 0 Å². The standard InChI is InChI=1S/C11H17FN2/c1-9-3-4-10(7-11(9)12)8-14(2)6-5-13/h3-4,7H,5-6,8,13H2,1-2H3. The number of benzene rings is 1. The molecule has 0 aliphatic heterocycles. The van der Waals surface area contributed by atoms with Gasteiger partial charge in [0.25, 0.3) is 0 Å². The lowest BCUT2D eigenvalue weighted by Gasteiger charge is -2.15. The van der Waals surface area contributed by atoms with Crippen molar-refractivity contribution in [1.82, 2.24) is 4.90 Å². The fraction of sp³-hybridized carbons (Fsp3) is 0.455. The number of aryl methyl sites for hydroxylation is 1. The van der Waals surface area contributed by atoms with Crippen LogP contribution in [-0.4, -0.2) is 25.0 Å². The van der Waals surface area contributed by atoms with Gasteiger partial charge in [0.2, 0.25) is 0 Å². The summed E-state index contributed by atoms with van der Waals surface area (Å²) in [5, 5.41) is 0. The lowest BCUT2D eigenvalue weighted by molar-refractivity contribution is 0.335. The Hall–Kier alpha value is -0.930. The van der Waals surface area contributed by atoms with Crippen molar-refractivity contribution in [2.75, 3.05) is 20.1 Å². The molecule has 0 saturated heterocycles. The maximum atomic E-state index is 13.2. The fourth-order valence-electron chi connectivity index (χ4n) is 1.35. The van der Waals surface area contributed by atoms with Gasteiger partial charge < -0.3 is 10.6 Å². The van der Waals surface area contributed by atoms with E-state index in [1.54, 1.807) is 19.1 Å². The van der Waals surface area contributed by atoms with E-state index in [9.17, 15) is 4.39 Å². The van der Waals surface area contributed by atoms with Crippen LogP contribution in [0, 0.1) is 12.7 Å². The van der Waals surface area contributed by atoms with Crippen LogP contribution in [0.15, 0.2) is 18.2 Å². The van der Waals surface area contributed by atoms with Gasteiger partial charge in [0.1, 0.15) is 5.82 Å². The SMILES string of the molecule is Cc1ccc(CN(C)CCN)cc1F. The number of hydrogen-bond donors (Lipinski definition) is 1. The molecule has 0 fully saturated rings. The first-order valence-electron chi connectivity index (χ1n) is 4.77. The van der Waals surface area contributed by atoms with Crippen molar-refractivity contribution in [3.63, 3.8) is 0 Å². The Kier molecular flexibility index (Phi) is 4.04. The molecular formula is C11H17FN2. The minimum atomic E-state index is -0.136. The average molecular weight is 196 g/mol. The summed E-state index contributed by atoms with van der Waals surface area (Å²) in [7, 11) is 1.98. The smallest absolute Gasteiger partial charge is 0.126 e. The van der Waals surface area contributed by atoms with Gasteiger partial charge in [0.05, 0.1) is 0 Å². The van der Waals surface area contributed by atoms with Gasteiger partial charge in [-0.1, -0.05) is 12.1 Å². The topological polar surface area (TPSA) is 29.3 Å². The van der Waals surface area contributed by atoms with Crippen molar-refractivity contribution in [1.29, 1.82) is 0 Å². The molecule has 0 aliphatic rings. The Labute approximate surface area is 84.5 Å². The van der Waals surface area contributed by atoms with Crippen molar-refractivity contribution >= 4 is 0 Å². The lowest BCUT2D eigenvalue weighted by atomic mass is 10.1. The predicted molar refractivity (Wildman–Crippen MR) is 56.5 cm³/mol. The van der Waals surface area contributed by atoms with Crippen LogP contribution in [-0.2, 0) is 6.54 Å². The van der Waals surface area contributed by atoms with Gasteiger partial charge in [-0.3, -0.25) is 0 Å². The Bertz CT molecular complexity index is 299. The maximum Gasteiger partial charge on any atom is 0.126 e. The third-order valence-electron chi connectivity index (χ3n) is 2.20. The second-order valence-corrected chi connectivity index (χ2v) is 3.61. The highest BCUT2D eigenvalue weighted by Crippen LogP contribution is 2.10. The van der Waals surface area contributed by atoms with E-state index in [2.05, 4.69) is 4.90 Å². The average Bonchev–Trinajstić information content (AvgIpc) is 2.12. The molecule has 1 aromatic rings. The molecule has 0 radical (unpaired) electrons. The summed E-state index contributed by atoms with van der Waals surface area (Å²) in [6.45, 7) is 3.97. The van der Waals surface area contributed by atoms with Gasteiger partial charge >= 0.3 is 0 Å². The molecule has 0 amide bonds. The minimum absolute atomic E-state index is 0.136. The minimum Gasteiger partial charge on any atom is -0.329 e. The monoisotopic (exact) mass is 196 g/mol. The van der Waals surface area contributed by atoms with Crippen LogP contribution in [0.4, 0.5) is 4.39 Å². The van der Waals surface area contributed by atoms with E-state index in [0.717, 1.165) is 18.7 Å². The molecule has 3 heteroatoms. The first-order valence-corrected chi connectivity index (χ1v) is 4.77. The van der Waals surface area contributed by atoms with Gasteiger partial charge in [-0.05, 0) is 31.2 Å². The van der Waals surface area contributed by atoms with Crippen LogP contribution in [0.2, 0.25) is 0 Å². The number of rotatable bonds is 4. The number of hydrogen-bond acceptors (Lipinski definition) is 2. The fourth-order valence-corrected chi connectivity index (χ4v) is 1.35. The van der Waals surface area contributed by atoms with Gasteiger partial charge in [0.15, 0.2) is 0 Å². The molecule has 0 spiro atoms. The third kappa shape index (κ3) is 3.09. The number of nitrogens with two attached hydrogens (primary N) is 1. The van der Waals surface area contributed by atoms with Crippen LogP contribution < -0.4 is 5.73 Å². The highest BCUT2D eigenvalue weighted by molar-refractivity contribution is 5.23. The van der Waals surface area contributed by atoms with Crippen molar-refractivity contribution in [2.45, 2.75) is 13.5 Å². The number of halogens is 1. The van der Waals surface area contributed by atoms with Gasteiger partial charge in [-0.15, -0.1) is 0 Å². The molecule has 0 aliphatic carbocycles. The van der Waals surface area contributed by atoms with Gasteiger partial charge in [-0.2, -0.15) is 0 Å². The van der Waals surface area contributed by atoms with Crippen molar-refractivity contribution in [2.24, 2.45) is 5.73 Å². The summed E-state index contributed by atoms with van der Waals surface area (Å²) in [6, 6.07) is 5.34. The molecule has 0 heterocycles. The van der Waals surface area contributed by atoms with Crippen LogP contribution in [0.3, 0.4) is 0 Å². The van der Waals surface area contributed by atoms with Crippen molar-refractivity contribution in [3.8, 4) is 0 Å². The highest BCUT2D eigenvalue weighted by atomic mass is 19.1. The second kappa shape index (κ2) is 5.08. The second-order valence-electron chi connectivity index (χ2n) is 3.61. The quantitative estimate of drug-likeness (QED) is 0.791. The molecule has 0 saturated carbocycles. The summed E-state index contributed by atoms with van der Waals surface area (Å²) in [5.41, 5.74) is 7.10. The first kappa shape index (κ1) is 11.1. The zero-order valence-electron chi connectivity index (χ0n) is 8.76. The molecule has 1 aromatic carbocycles. The van der Waals surface area contributed by atoms with Crippen LogP contribution in [0.5, 0.6) is 0 Å². The highest BCUT2D eigenvalue weighted by Gasteiger charge is 2.02.